The van der Waals surface area contributed by atoms with Gasteiger partial charge in [0, 0.05) is 5.56 Å². The van der Waals surface area contributed by atoms with Crippen molar-refractivity contribution in [2.45, 2.75) is 0 Å². The van der Waals surface area contributed by atoms with Gasteiger partial charge in [-0.1, -0.05) is 24.3 Å². The first-order chi connectivity index (χ1) is 10.1. The van der Waals surface area contributed by atoms with E-state index in [4.69, 9.17) is 4.74 Å². The SMILES string of the molecule is O=C(Nc1c(F)cccc1F)C1=Cc2ccccc2OC1. The van der Waals surface area contributed by atoms with Crippen LogP contribution in [0.5, 0.6) is 5.75 Å². The number of para-hydroxylation sites is 2. The highest BCUT2D eigenvalue weighted by molar-refractivity contribution is 6.07. The molecule has 0 atom stereocenters. The number of halogens is 2. The van der Waals surface area contributed by atoms with Gasteiger partial charge in [0.25, 0.3) is 5.91 Å². The van der Waals surface area contributed by atoms with E-state index in [1.807, 2.05) is 12.1 Å². The number of fused-ring (bicyclic) bond motifs is 1. The van der Waals surface area contributed by atoms with Crippen molar-refractivity contribution in [1.29, 1.82) is 0 Å². The normalized spacial score (nSPS) is 13.0. The van der Waals surface area contributed by atoms with Crippen molar-refractivity contribution in [2.75, 3.05) is 11.9 Å². The Morgan fingerprint density at radius 2 is 1.76 bits per heavy atom. The number of anilines is 1. The van der Waals surface area contributed by atoms with Crippen LogP contribution in [0.25, 0.3) is 6.08 Å². The highest BCUT2D eigenvalue weighted by atomic mass is 19.1. The topological polar surface area (TPSA) is 38.3 Å². The fourth-order valence-corrected chi connectivity index (χ4v) is 2.06. The van der Waals surface area contributed by atoms with Crippen molar-refractivity contribution < 1.29 is 18.3 Å². The molecule has 3 rings (SSSR count). The first-order valence-corrected chi connectivity index (χ1v) is 6.33. The van der Waals surface area contributed by atoms with Crippen LogP contribution in [0, 0.1) is 11.6 Å². The second-order valence-corrected chi connectivity index (χ2v) is 4.55. The third-order valence-electron chi connectivity index (χ3n) is 3.12. The van der Waals surface area contributed by atoms with E-state index < -0.39 is 23.2 Å². The molecule has 0 saturated heterocycles. The van der Waals surface area contributed by atoms with E-state index in [1.54, 1.807) is 18.2 Å². The Hall–Kier alpha value is -2.69. The predicted octanol–water partition coefficient (Wildman–Crippen LogP) is 3.38. The van der Waals surface area contributed by atoms with Crippen molar-refractivity contribution in [3.63, 3.8) is 0 Å². The number of rotatable bonds is 2. The summed E-state index contributed by atoms with van der Waals surface area (Å²) in [7, 11) is 0. The molecule has 0 aromatic heterocycles. The summed E-state index contributed by atoms with van der Waals surface area (Å²) in [5, 5.41) is 2.24. The lowest BCUT2D eigenvalue weighted by Crippen LogP contribution is -2.22. The number of amides is 1. The Kier molecular flexibility index (Phi) is 3.39. The number of carbonyl (C=O) groups is 1. The maximum Gasteiger partial charge on any atom is 0.255 e. The molecule has 3 nitrogen and oxygen atoms in total. The summed E-state index contributed by atoms with van der Waals surface area (Å²) in [5.41, 5.74) is 0.599. The summed E-state index contributed by atoms with van der Waals surface area (Å²) in [5.74, 6) is -1.55. The van der Waals surface area contributed by atoms with Crippen LogP contribution in [0.3, 0.4) is 0 Å². The lowest BCUT2D eigenvalue weighted by atomic mass is 10.1. The summed E-state index contributed by atoms with van der Waals surface area (Å²) in [6.07, 6.45) is 1.65. The molecule has 0 fully saturated rings. The molecule has 1 N–H and O–H groups in total. The Morgan fingerprint density at radius 3 is 2.52 bits per heavy atom. The van der Waals surface area contributed by atoms with Gasteiger partial charge in [-0.25, -0.2) is 8.78 Å². The quantitative estimate of drug-likeness (QED) is 0.919. The summed E-state index contributed by atoms with van der Waals surface area (Å²) < 4.78 is 32.5. The van der Waals surface area contributed by atoms with Gasteiger partial charge in [0.15, 0.2) is 0 Å². The molecular formula is C16H11F2NO2. The number of carbonyl (C=O) groups excluding carboxylic acids is 1. The standard InChI is InChI=1S/C16H11F2NO2/c17-12-5-3-6-13(18)15(12)19-16(20)11-8-10-4-1-2-7-14(10)21-9-11/h1-8H,9H2,(H,19,20). The fourth-order valence-electron chi connectivity index (χ4n) is 2.06. The molecule has 1 aliphatic rings. The molecular weight excluding hydrogens is 276 g/mol. The number of ether oxygens (including phenoxy) is 1. The van der Waals surface area contributed by atoms with Gasteiger partial charge >= 0.3 is 0 Å². The molecule has 0 aliphatic carbocycles. The largest absolute Gasteiger partial charge is 0.488 e. The van der Waals surface area contributed by atoms with Crippen molar-refractivity contribution in [2.24, 2.45) is 0 Å². The average molecular weight is 287 g/mol. The lowest BCUT2D eigenvalue weighted by Gasteiger charge is -2.17. The zero-order valence-corrected chi connectivity index (χ0v) is 10.9. The molecule has 2 aromatic rings. The molecule has 1 aliphatic heterocycles. The van der Waals surface area contributed by atoms with Crippen LogP contribution >= 0.6 is 0 Å². The molecule has 0 radical (unpaired) electrons. The Balaban J connectivity index is 1.86. The molecule has 1 amide bonds. The van der Waals surface area contributed by atoms with E-state index in [0.717, 1.165) is 17.7 Å². The van der Waals surface area contributed by atoms with Crippen molar-refractivity contribution in [3.8, 4) is 5.75 Å². The number of benzene rings is 2. The summed E-state index contributed by atoms with van der Waals surface area (Å²) in [6, 6.07) is 10.6. The minimum Gasteiger partial charge on any atom is -0.488 e. The van der Waals surface area contributed by atoms with Gasteiger partial charge in [0.1, 0.15) is 29.7 Å². The lowest BCUT2D eigenvalue weighted by molar-refractivity contribution is -0.113. The number of hydrogen-bond acceptors (Lipinski definition) is 2. The van der Waals surface area contributed by atoms with E-state index in [0.29, 0.717) is 11.3 Å². The van der Waals surface area contributed by atoms with Crippen LogP contribution in [-0.4, -0.2) is 12.5 Å². The molecule has 0 saturated carbocycles. The highest BCUT2D eigenvalue weighted by Gasteiger charge is 2.19. The summed E-state index contributed by atoms with van der Waals surface area (Å²) in [6.45, 7) is 0.0545. The number of hydrogen-bond donors (Lipinski definition) is 1. The smallest absolute Gasteiger partial charge is 0.255 e. The minimum absolute atomic E-state index is 0.0545. The van der Waals surface area contributed by atoms with Crippen LogP contribution in [0.2, 0.25) is 0 Å². The molecule has 2 aromatic carbocycles. The van der Waals surface area contributed by atoms with Crippen LogP contribution in [0.1, 0.15) is 5.56 Å². The average Bonchev–Trinajstić information content (AvgIpc) is 2.50. The second kappa shape index (κ2) is 5.36. The molecule has 5 heteroatoms. The molecule has 0 spiro atoms. The fraction of sp³-hybridized carbons (Fsp3) is 0.0625. The van der Waals surface area contributed by atoms with Crippen LogP contribution in [0.15, 0.2) is 48.0 Å². The first-order valence-electron chi connectivity index (χ1n) is 6.33. The predicted molar refractivity (Wildman–Crippen MR) is 74.9 cm³/mol. The summed E-state index contributed by atoms with van der Waals surface area (Å²) >= 11 is 0. The van der Waals surface area contributed by atoms with Crippen LogP contribution in [-0.2, 0) is 4.79 Å². The van der Waals surface area contributed by atoms with Crippen molar-refractivity contribution >= 4 is 17.7 Å². The van der Waals surface area contributed by atoms with E-state index in [9.17, 15) is 13.6 Å². The van der Waals surface area contributed by atoms with Gasteiger partial charge in [0.05, 0.1) is 5.57 Å². The van der Waals surface area contributed by atoms with Crippen LogP contribution in [0.4, 0.5) is 14.5 Å². The van der Waals surface area contributed by atoms with Gasteiger partial charge in [-0.2, -0.15) is 0 Å². The van der Waals surface area contributed by atoms with E-state index in [1.165, 1.54) is 6.07 Å². The molecule has 0 bridgehead atoms. The van der Waals surface area contributed by atoms with Gasteiger partial charge < -0.3 is 10.1 Å². The zero-order valence-electron chi connectivity index (χ0n) is 10.9. The van der Waals surface area contributed by atoms with Crippen LogP contribution < -0.4 is 10.1 Å². The Morgan fingerprint density at radius 1 is 1.05 bits per heavy atom. The Labute approximate surface area is 119 Å². The van der Waals surface area contributed by atoms with Gasteiger partial charge in [-0.15, -0.1) is 0 Å². The third kappa shape index (κ3) is 2.63. The van der Waals surface area contributed by atoms with Crippen molar-refractivity contribution in [3.05, 3.63) is 65.2 Å². The molecule has 0 unspecified atom stereocenters. The van der Waals surface area contributed by atoms with Crippen molar-refractivity contribution in [1.82, 2.24) is 0 Å². The third-order valence-corrected chi connectivity index (χ3v) is 3.12. The van der Waals surface area contributed by atoms with E-state index in [-0.39, 0.29) is 6.61 Å². The number of nitrogens with one attached hydrogen (secondary N) is 1. The molecule has 21 heavy (non-hydrogen) atoms. The monoisotopic (exact) mass is 287 g/mol. The zero-order chi connectivity index (χ0) is 14.8. The van der Waals surface area contributed by atoms with E-state index in [2.05, 4.69) is 5.32 Å². The van der Waals surface area contributed by atoms with Gasteiger partial charge in [0.2, 0.25) is 0 Å². The molecule has 106 valence electrons. The van der Waals surface area contributed by atoms with Gasteiger partial charge in [-0.05, 0) is 24.3 Å². The Bertz CT molecular complexity index is 721. The van der Waals surface area contributed by atoms with Gasteiger partial charge in [-0.3, -0.25) is 4.79 Å². The maximum absolute atomic E-state index is 13.5. The minimum atomic E-state index is -0.818. The molecule has 1 heterocycles. The van der Waals surface area contributed by atoms with E-state index >= 15 is 0 Å². The summed E-state index contributed by atoms with van der Waals surface area (Å²) in [4.78, 5) is 12.1. The maximum atomic E-state index is 13.5. The second-order valence-electron chi connectivity index (χ2n) is 4.55. The highest BCUT2D eigenvalue weighted by Crippen LogP contribution is 2.26. The first kappa shape index (κ1) is 13.3.